The Morgan fingerprint density at radius 3 is 1.81 bits per heavy atom. The molecule has 0 N–H and O–H groups in total. The molecule has 2 aromatic rings. The molecule has 8 heteroatoms. The van der Waals surface area contributed by atoms with E-state index in [0.29, 0.717) is 22.8 Å². The maximum Gasteiger partial charge on any atom is 0.336 e. The Kier molecular flexibility index (Phi) is 8.64. The SMILES string of the molecule is CCOC(=O)C1=CN(c2cc(C)ccc2C)C=C(C(=O)OCC)C1c1cc(OC)c(OC)cc1OC. The van der Waals surface area contributed by atoms with E-state index in [1.807, 2.05) is 32.0 Å². The third-order valence-corrected chi connectivity index (χ3v) is 5.89. The number of ether oxygens (including phenoxy) is 5. The number of anilines is 1. The number of hydrogen-bond acceptors (Lipinski definition) is 8. The van der Waals surface area contributed by atoms with Gasteiger partial charge in [0.1, 0.15) is 5.75 Å². The standard InChI is InChI=1S/C28H33NO7/c1-8-35-27(30)20-15-29(22-12-17(3)10-11-18(22)4)16-21(28(31)36-9-2)26(20)19-13-24(33-6)25(34-7)14-23(19)32-5/h10-16,26H,8-9H2,1-7H3. The molecule has 0 saturated heterocycles. The van der Waals surface area contributed by atoms with Crippen LogP contribution in [0.3, 0.4) is 0 Å². The van der Waals surface area contributed by atoms with Gasteiger partial charge in [0.2, 0.25) is 0 Å². The maximum absolute atomic E-state index is 13.3. The molecule has 0 radical (unpaired) electrons. The van der Waals surface area contributed by atoms with Gasteiger partial charge in [-0.2, -0.15) is 0 Å². The van der Waals surface area contributed by atoms with Gasteiger partial charge in [-0.15, -0.1) is 0 Å². The predicted molar refractivity (Wildman–Crippen MR) is 137 cm³/mol. The second-order valence-corrected chi connectivity index (χ2v) is 8.19. The van der Waals surface area contributed by atoms with Crippen molar-refractivity contribution >= 4 is 17.6 Å². The van der Waals surface area contributed by atoms with Crippen molar-refractivity contribution in [1.82, 2.24) is 0 Å². The molecule has 1 heterocycles. The summed E-state index contributed by atoms with van der Waals surface area (Å²) in [6.45, 7) is 7.77. The molecule has 192 valence electrons. The van der Waals surface area contributed by atoms with E-state index < -0.39 is 17.9 Å². The van der Waals surface area contributed by atoms with Gasteiger partial charge in [0.15, 0.2) is 11.5 Å². The van der Waals surface area contributed by atoms with Crippen molar-refractivity contribution in [3.05, 3.63) is 70.6 Å². The van der Waals surface area contributed by atoms with Crippen molar-refractivity contribution in [2.45, 2.75) is 33.6 Å². The number of esters is 2. The lowest BCUT2D eigenvalue weighted by Gasteiger charge is -2.32. The molecule has 0 aromatic heterocycles. The Hall–Kier alpha value is -3.94. The highest BCUT2D eigenvalue weighted by Gasteiger charge is 2.38. The topological polar surface area (TPSA) is 83.5 Å². The highest BCUT2D eigenvalue weighted by molar-refractivity contribution is 6.00. The molecular weight excluding hydrogens is 462 g/mol. The summed E-state index contributed by atoms with van der Waals surface area (Å²) in [6, 6.07) is 9.36. The smallest absolute Gasteiger partial charge is 0.336 e. The van der Waals surface area contributed by atoms with E-state index in [2.05, 4.69) is 0 Å². The van der Waals surface area contributed by atoms with Crippen LogP contribution in [0, 0.1) is 13.8 Å². The third-order valence-electron chi connectivity index (χ3n) is 5.89. The lowest BCUT2D eigenvalue weighted by Crippen LogP contribution is -2.30. The van der Waals surface area contributed by atoms with Crippen LogP contribution in [0.25, 0.3) is 0 Å². The summed E-state index contributed by atoms with van der Waals surface area (Å²) in [7, 11) is 4.55. The van der Waals surface area contributed by atoms with Crippen LogP contribution in [0.15, 0.2) is 53.9 Å². The van der Waals surface area contributed by atoms with Gasteiger partial charge in [0.05, 0.1) is 51.6 Å². The summed E-state index contributed by atoms with van der Waals surface area (Å²) in [4.78, 5) is 28.4. The molecule has 8 nitrogen and oxygen atoms in total. The van der Waals surface area contributed by atoms with Crippen LogP contribution in [0.5, 0.6) is 17.2 Å². The van der Waals surface area contributed by atoms with Gasteiger partial charge in [-0.3, -0.25) is 0 Å². The van der Waals surface area contributed by atoms with E-state index in [4.69, 9.17) is 23.7 Å². The van der Waals surface area contributed by atoms with E-state index >= 15 is 0 Å². The highest BCUT2D eigenvalue weighted by atomic mass is 16.5. The quantitative estimate of drug-likeness (QED) is 0.458. The zero-order valence-corrected chi connectivity index (χ0v) is 21.8. The molecule has 0 bridgehead atoms. The van der Waals surface area contributed by atoms with Crippen LogP contribution in [0.1, 0.15) is 36.5 Å². The largest absolute Gasteiger partial charge is 0.496 e. The Morgan fingerprint density at radius 2 is 1.31 bits per heavy atom. The van der Waals surface area contributed by atoms with Crippen molar-refractivity contribution < 1.29 is 33.3 Å². The molecule has 0 fully saturated rings. The first kappa shape index (κ1) is 26.7. The summed E-state index contributed by atoms with van der Waals surface area (Å²) in [5.74, 6) is -0.637. The first-order valence-corrected chi connectivity index (χ1v) is 11.7. The predicted octanol–water partition coefficient (Wildman–Crippen LogP) is 4.83. The van der Waals surface area contributed by atoms with Crippen LogP contribution in [-0.4, -0.2) is 46.5 Å². The van der Waals surface area contributed by atoms with Gasteiger partial charge in [-0.05, 0) is 51.0 Å². The number of rotatable bonds is 9. The molecule has 2 aromatic carbocycles. The molecule has 0 atom stereocenters. The van der Waals surface area contributed by atoms with Gasteiger partial charge < -0.3 is 28.6 Å². The van der Waals surface area contributed by atoms with Crippen molar-refractivity contribution in [2.75, 3.05) is 39.4 Å². The average Bonchev–Trinajstić information content (AvgIpc) is 2.88. The Morgan fingerprint density at radius 1 is 0.778 bits per heavy atom. The number of methoxy groups -OCH3 is 3. The number of benzene rings is 2. The van der Waals surface area contributed by atoms with Gasteiger partial charge in [0, 0.05) is 29.7 Å². The molecule has 0 amide bonds. The molecule has 36 heavy (non-hydrogen) atoms. The van der Waals surface area contributed by atoms with Crippen LogP contribution < -0.4 is 19.1 Å². The van der Waals surface area contributed by atoms with Crippen LogP contribution >= 0.6 is 0 Å². The second-order valence-electron chi connectivity index (χ2n) is 8.19. The first-order valence-electron chi connectivity index (χ1n) is 11.7. The van der Waals surface area contributed by atoms with E-state index in [1.54, 1.807) is 43.3 Å². The average molecular weight is 496 g/mol. The Bertz CT molecular complexity index is 1160. The molecule has 0 aliphatic carbocycles. The summed E-state index contributed by atoms with van der Waals surface area (Å²) in [6.07, 6.45) is 3.40. The van der Waals surface area contributed by atoms with E-state index in [-0.39, 0.29) is 24.4 Å². The van der Waals surface area contributed by atoms with Gasteiger partial charge >= 0.3 is 11.9 Å². The van der Waals surface area contributed by atoms with E-state index in [9.17, 15) is 9.59 Å². The fourth-order valence-electron chi connectivity index (χ4n) is 4.17. The molecule has 0 saturated carbocycles. The Labute approximate surface area is 212 Å². The zero-order chi connectivity index (χ0) is 26.4. The van der Waals surface area contributed by atoms with Crippen molar-refractivity contribution in [2.24, 2.45) is 0 Å². The van der Waals surface area contributed by atoms with Crippen LogP contribution in [-0.2, 0) is 19.1 Å². The van der Waals surface area contributed by atoms with E-state index in [0.717, 1.165) is 16.8 Å². The fourth-order valence-corrected chi connectivity index (χ4v) is 4.17. The fraction of sp³-hybridized carbons (Fsp3) is 0.357. The number of carbonyl (C=O) groups excluding carboxylic acids is 2. The van der Waals surface area contributed by atoms with Crippen molar-refractivity contribution in [3.63, 3.8) is 0 Å². The van der Waals surface area contributed by atoms with Gasteiger partial charge in [-0.1, -0.05) is 12.1 Å². The molecule has 3 rings (SSSR count). The summed E-state index contributed by atoms with van der Waals surface area (Å²) in [5.41, 5.74) is 3.89. The molecule has 1 aliphatic rings. The third kappa shape index (κ3) is 5.32. The minimum atomic E-state index is -0.834. The lowest BCUT2D eigenvalue weighted by molar-refractivity contribution is -0.139. The lowest BCUT2D eigenvalue weighted by atomic mass is 9.82. The summed E-state index contributed by atoms with van der Waals surface area (Å²) < 4.78 is 27.4. The normalized spacial score (nSPS) is 13.5. The van der Waals surface area contributed by atoms with Crippen molar-refractivity contribution in [3.8, 4) is 17.2 Å². The van der Waals surface area contributed by atoms with Crippen LogP contribution in [0.4, 0.5) is 5.69 Å². The molecule has 0 unspecified atom stereocenters. The summed E-state index contributed by atoms with van der Waals surface area (Å²) in [5, 5.41) is 0. The minimum absolute atomic E-state index is 0.174. The zero-order valence-electron chi connectivity index (χ0n) is 21.8. The Balaban J connectivity index is 2.32. The monoisotopic (exact) mass is 495 g/mol. The number of nitrogens with zero attached hydrogens (tertiary/aromatic N) is 1. The van der Waals surface area contributed by atoms with E-state index in [1.165, 1.54) is 21.3 Å². The van der Waals surface area contributed by atoms with Crippen molar-refractivity contribution in [1.29, 1.82) is 0 Å². The van der Waals surface area contributed by atoms with Gasteiger partial charge in [-0.25, -0.2) is 9.59 Å². The number of aryl methyl sites for hydroxylation is 2. The molecule has 1 aliphatic heterocycles. The minimum Gasteiger partial charge on any atom is -0.496 e. The highest BCUT2D eigenvalue weighted by Crippen LogP contribution is 2.46. The van der Waals surface area contributed by atoms with Crippen LogP contribution in [0.2, 0.25) is 0 Å². The number of carbonyl (C=O) groups is 2. The maximum atomic E-state index is 13.3. The van der Waals surface area contributed by atoms with Gasteiger partial charge in [0.25, 0.3) is 0 Å². The second kappa shape index (κ2) is 11.7. The summed E-state index contributed by atoms with van der Waals surface area (Å²) >= 11 is 0. The molecular formula is C28H33NO7. The molecule has 0 spiro atoms. The first-order chi connectivity index (χ1) is 17.3. The number of hydrogen-bond donors (Lipinski definition) is 0.